The molecule has 3 fully saturated rings. The van der Waals surface area contributed by atoms with Crippen LogP contribution in [-0.4, -0.2) is 83.6 Å². The van der Waals surface area contributed by atoms with Gasteiger partial charge in [-0.25, -0.2) is 9.97 Å². The predicted octanol–water partition coefficient (Wildman–Crippen LogP) is 8.82. The molecule has 0 amide bonds. The molecular weight excluding hydrogens is 659 g/mol. The Labute approximate surface area is 315 Å². The van der Waals surface area contributed by atoms with Gasteiger partial charge in [0.1, 0.15) is 24.7 Å². The van der Waals surface area contributed by atoms with E-state index in [0.717, 1.165) is 36.7 Å². The van der Waals surface area contributed by atoms with Crippen LogP contribution in [0.5, 0.6) is 0 Å². The maximum absolute atomic E-state index is 9.34. The Morgan fingerprint density at radius 1 is 0.736 bits per heavy atom. The average molecular weight is 716 g/mol. The van der Waals surface area contributed by atoms with E-state index in [1.807, 2.05) is 13.0 Å². The molecule has 9 nitrogen and oxygen atoms in total. The summed E-state index contributed by atoms with van der Waals surface area (Å²) in [6, 6.07) is 19.2. The third-order valence-electron chi connectivity index (χ3n) is 11.5. The predicted molar refractivity (Wildman–Crippen MR) is 216 cm³/mol. The van der Waals surface area contributed by atoms with Gasteiger partial charge in [0.2, 0.25) is 0 Å². The second-order valence-corrected chi connectivity index (χ2v) is 15.0. The summed E-state index contributed by atoms with van der Waals surface area (Å²) in [6.45, 7) is 9.00. The lowest BCUT2D eigenvalue weighted by molar-refractivity contribution is -0.107. The number of fused-ring (bicyclic) bond motifs is 6. The van der Waals surface area contributed by atoms with Crippen molar-refractivity contribution in [3.8, 4) is 33.6 Å². The molecular formula is C44H57N7O2. The molecule has 1 saturated carbocycles. The van der Waals surface area contributed by atoms with E-state index in [2.05, 4.69) is 108 Å². The Bertz CT molecular complexity index is 1980. The number of carbonyl (C=O) groups is 2. The number of hydrogen-bond donors (Lipinski definition) is 3. The lowest BCUT2D eigenvalue weighted by Crippen LogP contribution is -2.18. The molecule has 3 aromatic carbocycles. The highest BCUT2D eigenvalue weighted by molar-refractivity contribution is 6.05. The summed E-state index contributed by atoms with van der Waals surface area (Å²) in [6.07, 6.45) is 14.9. The molecule has 3 unspecified atom stereocenters. The summed E-state index contributed by atoms with van der Waals surface area (Å²) >= 11 is 0. The van der Waals surface area contributed by atoms with E-state index in [-0.39, 0.29) is 0 Å². The molecule has 4 heterocycles. The van der Waals surface area contributed by atoms with Gasteiger partial charge < -0.3 is 24.9 Å². The van der Waals surface area contributed by atoms with Gasteiger partial charge >= 0.3 is 0 Å². The van der Waals surface area contributed by atoms with Gasteiger partial charge in [-0.05, 0) is 124 Å². The van der Waals surface area contributed by atoms with Crippen molar-refractivity contribution in [2.45, 2.75) is 89.1 Å². The number of hydrogen-bond acceptors (Lipinski definition) is 7. The van der Waals surface area contributed by atoms with Crippen LogP contribution in [0.25, 0.3) is 44.4 Å². The molecule has 4 atom stereocenters. The van der Waals surface area contributed by atoms with Gasteiger partial charge in [0, 0.05) is 11.1 Å². The van der Waals surface area contributed by atoms with Crippen LogP contribution in [0.15, 0.2) is 60.9 Å². The molecule has 2 bridgehead atoms. The van der Waals surface area contributed by atoms with Crippen LogP contribution in [0.1, 0.15) is 112 Å². The third-order valence-corrected chi connectivity index (χ3v) is 11.5. The minimum absolute atomic E-state index is 0.390. The molecule has 53 heavy (non-hydrogen) atoms. The first kappa shape index (κ1) is 38.3. The number of aromatic nitrogens is 4. The number of imidazole rings is 2. The zero-order valence-corrected chi connectivity index (χ0v) is 32.3. The van der Waals surface area contributed by atoms with E-state index >= 15 is 0 Å². The number of aromatic amines is 2. The van der Waals surface area contributed by atoms with Crippen molar-refractivity contribution in [2.75, 3.05) is 40.8 Å². The molecule has 9 rings (SSSR count). The highest BCUT2D eigenvalue weighted by Gasteiger charge is 2.41. The Morgan fingerprint density at radius 2 is 1.21 bits per heavy atom. The van der Waals surface area contributed by atoms with E-state index in [1.165, 1.54) is 90.1 Å². The van der Waals surface area contributed by atoms with Crippen molar-refractivity contribution in [1.82, 2.24) is 35.1 Å². The molecule has 2 aromatic heterocycles. The van der Waals surface area contributed by atoms with Crippen LogP contribution in [-0.2, 0) is 9.59 Å². The van der Waals surface area contributed by atoms with Crippen molar-refractivity contribution in [3.05, 3.63) is 83.7 Å². The molecule has 5 aromatic rings. The van der Waals surface area contributed by atoms with Crippen molar-refractivity contribution in [1.29, 1.82) is 0 Å². The highest BCUT2D eigenvalue weighted by atomic mass is 16.1. The maximum Gasteiger partial charge on any atom is 0.133 e. The highest BCUT2D eigenvalue weighted by Crippen LogP contribution is 2.58. The van der Waals surface area contributed by atoms with E-state index in [9.17, 15) is 4.79 Å². The fourth-order valence-corrected chi connectivity index (χ4v) is 9.14. The van der Waals surface area contributed by atoms with Crippen LogP contribution in [0.2, 0.25) is 0 Å². The largest absolute Gasteiger partial charge is 0.341 e. The first-order chi connectivity index (χ1) is 26.0. The molecule has 9 heteroatoms. The molecule has 2 saturated heterocycles. The second kappa shape index (κ2) is 17.6. The van der Waals surface area contributed by atoms with E-state index < -0.39 is 0 Å². The Kier molecular flexibility index (Phi) is 12.7. The molecule has 4 aliphatic rings. The summed E-state index contributed by atoms with van der Waals surface area (Å²) in [5, 5.41) is 5.26. The van der Waals surface area contributed by atoms with Gasteiger partial charge in [0.25, 0.3) is 0 Å². The molecule has 280 valence electrons. The van der Waals surface area contributed by atoms with Crippen LogP contribution in [0.3, 0.4) is 0 Å². The summed E-state index contributed by atoms with van der Waals surface area (Å²) < 4.78 is 0. The maximum atomic E-state index is 9.34. The Morgan fingerprint density at radius 3 is 1.70 bits per heavy atom. The van der Waals surface area contributed by atoms with Crippen molar-refractivity contribution in [2.24, 2.45) is 0 Å². The number of nitrogens with zero attached hydrogens (tertiary/aromatic N) is 4. The fourth-order valence-electron chi connectivity index (χ4n) is 9.14. The van der Waals surface area contributed by atoms with Crippen LogP contribution in [0.4, 0.5) is 0 Å². The minimum atomic E-state index is 0.390. The van der Waals surface area contributed by atoms with Gasteiger partial charge in [-0.1, -0.05) is 68.8 Å². The summed E-state index contributed by atoms with van der Waals surface area (Å²) in [4.78, 5) is 39.4. The normalized spacial score (nSPS) is 21.7. The zero-order chi connectivity index (χ0) is 37.5. The number of rotatable bonds is 7. The lowest BCUT2D eigenvalue weighted by atomic mass is 9.81. The summed E-state index contributed by atoms with van der Waals surface area (Å²) in [5.41, 5.74) is 10.8. The quantitative estimate of drug-likeness (QED) is 0.145. The first-order valence-electron chi connectivity index (χ1n) is 19.5. The van der Waals surface area contributed by atoms with Gasteiger partial charge in [-0.3, -0.25) is 9.80 Å². The average Bonchev–Trinajstić information content (AvgIpc) is 4.05. The third kappa shape index (κ3) is 7.66. The summed E-state index contributed by atoms with van der Waals surface area (Å²) in [5.74, 6) is 3.52. The van der Waals surface area contributed by atoms with Gasteiger partial charge in [-0.15, -0.1) is 0 Å². The van der Waals surface area contributed by atoms with E-state index in [0.29, 0.717) is 30.5 Å². The number of benzene rings is 3. The molecule has 2 aliphatic heterocycles. The number of likely N-dealkylation sites (tertiary alicyclic amines) is 2. The molecule has 0 radical (unpaired) electrons. The molecule has 0 spiro atoms. The van der Waals surface area contributed by atoms with E-state index in [1.54, 1.807) is 18.2 Å². The Hall–Kier alpha value is -4.44. The van der Waals surface area contributed by atoms with Crippen molar-refractivity contribution >= 4 is 23.8 Å². The van der Waals surface area contributed by atoms with Gasteiger partial charge in [0.05, 0.1) is 42.4 Å². The number of carbonyl (C=O) groups excluding carboxylic acids is 2. The summed E-state index contributed by atoms with van der Waals surface area (Å²) in [7, 11) is 6.16. The van der Waals surface area contributed by atoms with Crippen molar-refractivity contribution < 1.29 is 9.59 Å². The first-order valence-corrected chi connectivity index (χ1v) is 19.5. The second-order valence-electron chi connectivity index (χ2n) is 15.0. The molecule has 3 N–H and O–H groups in total. The minimum Gasteiger partial charge on any atom is -0.341 e. The Balaban J connectivity index is 0.000000434. The number of likely N-dealkylation sites (N-methyl/N-ethyl adjacent to an activating group) is 1. The fraction of sp³-hybridized carbons (Fsp3) is 0.455. The lowest BCUT2D eigenvalue weighted by Gasteiger charge is -2.23. The van der Waals surface area contributed by atoms with Crippen LogP contribution < -0.4 is 5.32 Å². The molecule has 2 aliphatic carbocycles. The number of aldehydes is 1. The van der Waals surface area contributed by atoms with Gasteiger partial charge in [0.15, 0.2) is 0 Å². The van der Waals surface area contributed by atoms with Crippen LogP contribution in [0, 0.1) is 0 Å². The van der Waals surface area contributed by atoms with E-state index in [4.69, 9.17) is 14.8 Å². The topological polar surface area (TPSA) is 110 Å². The zero-order valence-electron chi connectivity index (χ0n) is 32.3. The van der Waals surface area contributed by atoms with Crippen molar-refractivity contribution in [3.63, 3.8) is 0 Å². The van der Waals surface area contributed by atoms with Gasteiger partial charge in [-0.2, -0.15) is 0 Å². The number of nitrogens with one attached hydrogen (secondary N) is 3. The SMILES string of the molecule is C=O.CCC.CN1CCCC1c1ncc(-c2ccc(-c3ccc(-c4cnc([C@@H]5CCCN5C)[nH]4)c4ccccc34)c3c2C2CCC3C2)[nH]1.CNCC=O. The smallest absolute Gasteiger partial charge is 0.133 e. The monoisotopic (exact) mass is 715 g/mol. The standard InChI is InChI=1S/C37H40N6.C3H7NO.C3H8.CH2O/c1-42-17-5-9-32(42)36-38-20-30(40-36)27-14-13-26(24-7-3-4-8-25(24)27)28-15-16-29(35-23-12-11-22(19-23)34(28)35)31-21-39-37(41-31)33-10-6-18-43(33)2;1-4-2-3-5;1-3-2;1-2/h3-4,7-8,13-16,20-23,32-33H,5-6,9-12,17-19H2,1-2H3,(H,38,40)(H,39,41);3-4H,2H2,1H3;3H2,1-2H3;1H2/t22?,23?,32-,33?;;;/m0.../s1. The van der Waals surface area contributed by atoms with Crippen LogP contribution >= 0.6 is 0 Å². The number of H-pyrrole nitrogens is 2.